The van der Waals surface area contributed by atoms with Crippen LogP contribution in [0.15, 0.2) is 29.3 Å². The molecule has 0 saturated carbocycles. The van der Waals surface area contributed by atoms with Gasteiger partial charge in [0.05, 0.1) is 6.54 Å². The van der Waals surface area contributed by atoms with Gasteiger partial charge in [-0.25, -0.2) is 0 Å². The molecule has 0 amide bonds. The van der Waals surface area contributed by atoms with Crippen LogP contribution in [0.3, 0.4) is 0 Å². The van der Waals surface area contributed by atoms with E-state index >= 15 is 0 Å². The smallest absolute Gasteiger partial charge is 0.191 e. The maximum atomic E-state index is 4.89. The summed E-state index contributed by atoms with van der Waals surface area (Å²) in [5.41, 5.74) is 2.76. The summed E-state index contributed by atoms with van der Waals surface area (Å²) in [6.07, 6.45) is 3.51. The van der Waals surface area contributed by atoms with Crippen molar-refractivity contribution in [2.24, 2.45) is 4.99 Å². The van der Waals surface area contributed by atoms with Gasteiger partial charge in [0.25, 0.3) is 0 Å². The normalized spacial score (nSPS) is 16.1. The largest absolute Gasteiger partial charge is 0.357 e. The van der Waals surface area contributed by atoms with Crippen molar-refractivity contribution in [3.8, 4) is 0 Å². The van der Waals surface area contributed by atoms with Gasteiger partial charge >= 0.3 is 0 Å². The van der Waals surface area contributed by atoms with Crippen LogP contribution >= 0.6 is 24.0 Å². The first kappa shape index (κ1) is 28.2. The molecule has 2 N–H and O–H groups in total. The Morgan fingerprint density at radius 2 is 1.58 bits per heavy atom. The van der Waals surface area contributed by atoms with Crippen LogP contribution in [0.1, 0.15) is 58.6 Å². The molecule has 1 saturated heterocycles. The van der Waals surface area contributed by atoms with Gasteiger partial charge in [0, 0.05) is 44.7 Å². The zero-order chi connectivity index (χ0) is 21.8. The summed E-state index contributed by atoms with van der Waals surface area (Å²) in [5.74, 6) is 0.937. The second kappa shape index (κ2) is 15.1. The van der Waals surface area contributed by atoms with Crippen LogP contribution in [0.4, 0.5) is 0 Å². The lowest BCUT2D eigenvalue weighted by atomic mass is 9.84. The molecule has 0 aromatic heterocycles. The van der Waals surface area contributed by atoms with Gasteiger partial charge in [-0.1, -0.05) is 52.0 Å². The SMILES string of the molecule is CCNC(=NCC(C)(C)c1ccc(CC)cc1)NCCCCN1CCN(CC)CC1.I. The van der Waals surface area contributed by atoms with Gasteiger partial charge < -0.3 is 20.4 Å². The molecule has 2 rings (SSSR count). The van der Waals surface area contributed by atoms with Gasteiger partial charge in [-0.15, -0.1) is 24.0 Å². The number of aryl methyl sites for hydroxylation is 1. The molecular weight excluding hydrogens is 497 g/mol. The predicted molar refractivity (Wildman–Crippen MR) is 146 cm³/mol. The molecule has 1 fully saturated rings. The van der Waals surface area contributed by atoms with Crippen LogP contribution in [-0.2, 0) is 11.8 Å². The van der Waals surface area contributed by atoms with E-state index in [1.165, 1.54) is 63.2 Å². The third kappa shape index (κ3) is 10.1. The standard InChI is InChI=1S/C25H45N5.HI/c1-6-22-11-13-23(14-12-22)25(4,5)21-28-24(26-7-2)27-15-9-10-16-30-19-17-29(8-3)18-20-30;/h11-14H,6-10,15-21H2,1-5H3,(H2,26,27,28);1H. The molecule has 5 nitrogen and oxygen atoms in total. The number of piperazine rings is 1. The number of halogens is 1. The molecule has 6 heteroatoms. The van der Waals surface area contributed by atoms with Crippen LogP contribution in [0.25, 0.3) is 0 Å². The average molecular weight is 544 g/mol. The molecule has 0 atom stereocenters. The maximum absolute atomic E-state index is 4.89. The summed E-state index contributed by atoms with van der Waals surface area (Å²) < 4.78 is 0. The zero-order valence-electron chi connectivity index (χ0n) is 20.5. The summed E-state index contributed by atoms with van der Waals surface area (Å²) in [4.78, 5) is 10.0. The Morgan fingerprint density at radius 1 is 0.935 bits per heavy atom. The highest BCUT2D eigenvalue weighted by Gasteiger charge is 2.20. The minimum atomic E-state index is 0. The Morgan fingerprint density at radius 3 is 2.16 bits per heavy atom. The number of nitrogens with one attached hydrogen (secondary N) is 2. The van der Waals surface area contributed by atoms with E-state index in [-0.39, 0.29) is 29.4 Å². The van der Waals surface area contributed by atoms with E-state index in [1.54, 1.807) is 0 Å². The molecule has 178 valence electrons. The summed E-state index contributed by atoms with van der Waals surface area (Å²) in [6.45, 7) is 21.1. The Kier molecular flexibility index (Phi) is 13.7. The Bertz CT molecular complexity index is 621. The van der Waals surface area contributed by atoms with Crippen molar-refractivity contribution >= 4 is 29.9 Å². The quantitative estimate of drug-likeness (QED) is 0.191. The molecule has 31 heavy (non-hydrogen) atoms. The first-order valence-electron chi connectivity index (χ1n) is 12.0. The molecule has 1 aromatic carbocycles. The number of rotatable bonds is 11. The van der Waals surface area contributed by atoms with E-state index < -0.39 is 0 Å². The Balaban J connectivity index is 0.00000480. The van der Waals surface area contributed by atoms with E-state index in [0.717, 1.165) is 32.0 Å². The van der Waals surface area contributed by atoms with Gasteiger partial charge in [-0.05, 0) is 50.4 Å². The minimum Gasteiger partial charge on any atom is -0.357 e. The van der Waals surface area contributed by atoms with Crippen LogP contribution in [-0.4, -0.2) is 74.7 Å². The molecule has 0 bridgehead atoms. The first-order chi connectivity index (χ1) is 14.5. The summed E-state index contributed by atoms with van der Waals surface area (Å²) in [5, 5.41) is 6.93. The van der Waals surface area contributed by atoms with Crippen molar-refractivity contribution in [1.29, 1.82) is 0 Å². The van der Waals surface area contributed by atoms with E-state index in [1.807, 2.05) is 0 Å². The molecular formula is C25H46IN5. The Hall–Kier alpha value is -0.860. The highest BCUT2D eigenvalue weighted by atomic mass is 127. The fourth-order valence-electron chi connectivity index (χ4n) is 3.90. The molecule has 1 aromatic rings. The summed E-state index contributed by atoms with van der Waals surface area (Å²) >= 11 is 0. The number of aliphatic imine (C=N–C) groups is 1. The number of benzene rings is 1. The highest BCUT2D eigenvalue weighted by Crippen LogP contribution is 2.24. The lowest BCUT2D eigenvalue weighted by Gasteiger charge is -2.34. The number of hydrogen-bond donors (Lipinski definition) is 2. The number of nitrogens with zero attached hydrogens (tertiary/aromatic N) is 3. The van der Waals surface area contributed by atoms with Crippen molar-refractivity contribution in [3.05, 3.63) is 35.4 Å². The highest BCUT2D eigenvalue weighted by molar-refractivity contribution is 14.0. The van der Waals surface area contributed by atoms with Gasteiger partial charge in [0.2, 0.25) is 0 Å². The fraction of sp³-hybridized carbons (Fsp3) is 0.720. The molecule has 0 spiro atoms. The number of unbranched alkanes of at least 4 members (excludes halogenated alkanes) is 1. The summed E-state index contributed by atoms with van der Waals surface area (Å²) in [6, 6.07) is 9.00. The van der Waals surface area contributed by atoms with Crippen molar-refractivity contribution in [3.63, 3.8) is 0 Å². The van der Waals surface area contributed by atoms with E-state index in [9.17, 15) is 0 Å². The lowest BCUT2D eigenvalue weighted by molar-refractivity contribution is 0.136. The van der Waals surface area contributed by atoms with E-state index in [2.05, 4.69) is 79.3 Å². The third-order valence-corrected chi connectivity index (χ3v) is 6.23. The van der Waals surface area contributed by atoms with E-state index in [0.29, 0.717) is 0 Å². The van der Waals surface area contributed by atoms with Gasteiger partial charge in [-0.3, -0.25) is 4.99 Å². The number of hydrogen-bond acceptors (Lipinski definition) is 3. The van der Waals surface area contributed by atoms with Crippen molar-refractivity contribution < 1.29 is 0 Å². The average Bonchev–Trinajstić information content (AvgIpc) is 2.77. The van der Waals surface area contributed by atoms with Gasteiger partial charge in [-0.2, -0.15) is 0 Å². The van der Waals surface area contributed by atoms with Crippen molar-refractivity contribution in [1.82, 2.24) is 20.4 Å². The predicted octanol–water partition coefficient (Wildman–Crippen LogP) is 4.12. The third-order valence-electron chi connectivity index (χ3n) is 6.23. The second-order valence-electron chi connectivity index (χ2n) is 9.04. The number of guanidine groups is 1. The van der Waals surface area contributed by atoms with Crippen LogP contribution in [0.5, 0.6) is 0 Å². The minimum absolute atomic E-state index is 0. The maximum Gasteiger partial charge on any atom is 0.191 e. The van der Waals surface area contributed by atoms with Crippen molar-refractivity contribution in [2.75, 3.05) is 58.9 Å². The second-order valence-corrected chi connectivity index (χ2v) is 9.04. The first-order valence-corrected chi connectivity index (χ1v) is 12.0. The molecule has 1 aliphatic heterocycles. The molecule has 0 aliphatic carbocycles. The van der Waals surface area contributed by atoms with Crippen LogP contribution < -0.4 is 10.6 Å². The fourth-order valence-corrected chi connectivity index (χ4v) is 3.90. The topological polar surface area (TPSA) is 42.9 Å². The van der Waals surface area contributed by atoms with Crippen LogP contribution in [0.2, 0.25) is 0 Å². The molecule has 0 unspecified atom stereocenters. The van der Waals surface area contributed by atoms with Crippen LogP contribution in [0, 0.1) is 0 Å². The number of likely N-dealkylation sites (N-methyl/N-ethyl adjacent to an activating group) is 1. The monoisotopic (exact) mass is 543 g/mol. The van der Waals surface area contributed by atoms with Crippen molar-refractivity contribution in [2.45, 2.75) is 59.3 Å². The Labute approximate surface area is 208 Å². The summed E-state index contributed by atoms with van der Waals surface area (Å²) in [7, 11) is 0. The molecule has 1 heterocycles. The van der Waals surface area contributed by atoms with Gasteiger partial charge in [0.15, 0.2) is 5.96 Å². The molecule has 1 aliphatic rings. The molecule has 0 radical (unpaired) electrons. The van der Waals surface area contributed by atoms with Gasteiger partial charge in [0.1, 0.15) is 0 Å². The lowest BCUT2D eigenvalue weighted by Crippen LogP contribution is -2.46. The van der Waals surface area contributed by atoms with E-state index in [4.69, 9.17) is 4.99 Å². The zero-order valence-corrected chi connectivity index (χ0v) is 22.9.